The molecule has 0 aromatic heterocycles. The molecule has 0 fully saturated rings. The van der Waals surface area contributed by atoms with Crippen molar-refractivity contribution in [3.8, 4) is 0 Å². The van der Waals surface area contributed by atoms with Gasteiger partial charge in [-0.1, -0.05) is 42.5 Å². The van der Waals surface area contributed by atoms with E-state index in [9.17, 15) is 5.26 Å². The van der Waals surface area contributed by atoms with E-state index in [-0.39, 0.29) is 0 Å². The standard InChI is InChI=1S/C17H24O2/c1-17(19-18,14-16-10-6-3-7-11-16)13-12-15-8-4-2-5-9-15/h2,4-6,8-10,16,18H,3,7,11-14H2,1H3. The molecule has 2 unspecified atom stereocenters. The molecular formula is C17H24O2. The van der Waals surface area contributed by atoms with Gasteiger partial charge >= 0.3 is 0 Å². The summed E-state index contributed by atoms with van der Waals surface area (Å²) in [5, 5.41) is 9.27. The topological polar surface area (TPSA) is 29.5 Å². The maximum Gasteiger partial charge on any atom is 0.101 e. The molecule has 0 bridgehead atoms. The van der Waals surface area contributed by atoms with Gasteiger partial charge in [-0.2, -0.15) is 0 Å². The molecule has 2 rings (SSSR count). The summed E-state index contributed by atoms with van der Waals surface area (Å²) in [6, 6.07) is 10.4. The summed E-state index contributed by atoms with van der Waals surface area (Å²) in [5.41, 5.74) is 0.854. The molecule has 1 aliphatic carbocycles. The van der Waals surface area contributed by atoms with Crippen LogP contribution in [0.3, 0.4) is 0 Å². The van der Waals surface area contributed by atoms with Crippen molar-refractivity contribution >= 4 is 0 Å². The number of rotatable bonds is 6. The lowest BCUT2D eigenvalue weighted by Crippen LogP contribution is -2.31. The van der Waals surface area contributed by atoms with E-state index >= 15 is 0 Å². The second kappa shape index (κ2) is 6.88. The molecule has 1 aromatic rings. The summed E-state index contributed by atoms with van der Waals surface area (Å²) >= 11 is 0. The Morgan fingerprint density at radius 1 is 1.32 bits per heavy atom. The highest BCUT2D eigenvalue weighted by atomic mass is 17.1. The first-order chi connectivity index (χ1) is 9.22. The van der Waals surface area contributed by atoms with Crippen LogP contribution in [0.4, 0.5) is 0 Å². The van der Waals surface area contributed by atoms with Gasteiger partial charge < -0.3 is 0 Å². The number of benzene rings is 1. The Balaban J connectivity index is 1.90. The average molecular weight is 260 g/mol. The predicted octanol–water partition coefficient (Wildman–Crippen LogP) is 4.61. The Morgan fingerprint density at radius 2 is 2.11 bits per heavy atom. The molecule has 0 heterocycles. The van der Waals surface area contributed by atoms with Crippen molar-refractivity contribution in [2.75, 3.05) is 0 Å². The fourth-order valence-electron chi connectivity index (χ4n) is 2.85. The minimum Gasteiger partial charge on any atom is -0.251 e. The average Bonchev–Trinajstić information content (AvgIpc) is 2.47. The maximum absolute atomic E-state index is 9.27. The molecule has 0 amide bonds. The summed E-state index contributed by atoms with van der Waals surface area (Å²) in [6.07, 6.45) is 10.9. The van der Waals surface area contributed by atoms with Gasteiger partial charge in [0.25, 0.3) is 0 Å². The van der Waals surface area contributed by atoms with Gasteiger partial charge in [0.2, 0.25) is 0 Å². The van der Waals surface area contributed by atoms with Crippen LogP contribution in [0.5, 0.6) is 0 Å². The summed E-state index contributed by atoms with van der Waals surface area (Å²) in [4.78, 5) is 4.83. The predicted molar refractivity (Wildman–Crippen MR) is 78.0 cm³/mol. The molecule has 2 atom stereocenters. The van der Waals surface area contributed by atoms with Gasteiger partial charge in [0.15, 0.2) is 0 Å². The van der Waals surface area contributed by atoms with Crippen molar-refractivity contribution in [2.45, 2.75) is 51.0 Å². The minimum atomic E-state index is -0.442. The lowest BCUT2D eigenvalue weighted by atomic mass is 9.83. The zero-order valence-electron chi connectivity index (χ0n) is 11.7. The Hall–Kier alpha value is -1.12. The van der Waals surface area contributed by atoms with Gasteiger partial charge in [0, 0.05) is 0 Å². The first-order valence-electron chi connectivity index (χ1n) is 7.25. The van der Waals surface area contributed by atoms with Crippen LogP contribution in [0.15, 0.2) is 42.5 Å². The SMILES string of the molecule is CC(CCc1ccccc1)(CC1C=CCCC1)OO. The fourth-order valence-corrected chi connectivity index (χ4v) is 2.85. The molecule has 104 valence electrons. The van der Waals surface area contributed by atoms with Crippen LogP contribution < -0.4 is 0 Å². The van der Waals surface area contributed by atoms with Crippen LogP contribution in [0.2, 0.25) is 0 Å². The quantitative estimate of drug-likeness (QED) is 0.459. The largest absolute Gasteiger partial charge is 0.251 e. The van der Waals surface area contributed by atoms with Crippen LogP contribution in [-0.4, -0.2) is 10.9 Å². The molecule has 0 saturated carbocycles. The van der Waals surface area contributed by atoms with E-state index in [0.717, 1.165) is 19.3 Å². The Kier molecular flexibility index (Phi) is 5.17. The van der Waals surface area contributed by atoms with E-state index in [0.29, 0.717) is 5.92 Å². The van der Waals surface area contributed by atoms with Crippen LogP contribution in [0.25, 0.3) is 0 Å². The Labute approximate surface area is 116 Å². The summed E-state index contributed by atoms with van der Waals surface area (Å²) in [5.74, 6) is 0.543. The van der Waals surface area contributed by atoms with Gasteiger partial charge in [0.05, 0.1) is 0 Å². The third kappa shape index (κ3) is 4.48. The van der Waals surface area contributed by atoms with Crippen LogP contribution in [-0.2, 0) is 11.3 Å². The third-order valence-electron chi connectivity index (χ3n) is 4.05. The van der Waals surface area contributed by atoms with Gasteiger partial charge in [-0.25, -0.2) is 4.89 Å². The molecular weight excluding hydrogens is 236 g/mol. The fraction of sp³-hybridized carbons (Fsp3) is 0.529. The second-order valence-electron chi connectivity index (χ2n) is 5.85. The number of hydrogen-bond acceptors (Lipinski definition) is 2. The van der Waals surface area contributed by atoms with Gasteiger partial charge in [-0.05, 0) is 56.9 Å². The molecule has 2 nitrogen and oxygen atoms in total. The van der Waals surface area contributed by atoms with Gasteiger partial charge in [-0.3, -0.25) is 5.26 Å². The number of allylic oxidation sites excluding steroid dienone is 2. The Bertz CT molecular complexity index is 399. The van der Waals surface area contributed by atoms with E-state index in [2.05, 4.69) is 36.4 Å². The normalized spacial score (nSPS) is 22.1. The van der Waals surface area contributed by atoms with Crippen LogP contribution in [0, 0.1) is 5.92 Å². The highest BCUT2D eigenvalue weighted by Gasteiger charge is 2.29. The van der Waals surface area contributed by atoms with Crippen molar-refractivity contribution in [3.05, 3.63) is 48.0 Å². The first-order valence-corrected chi connectivity index (χ1v) is 7.25. The van der Waals surface area contributed by atoms with Crippen molar-refractivity contribution in [3.63, 3.8) is 0 Å². The summed E-state index contributed by atoms with van der Waals surface area (Å²) in [6.45, 7) is 2.01. The van der Waals surface area contributed by atoms with E-state index < -0.39 is 5.60 Å². The molecule has 1 N–H and O–H groups in total. The monoisotopic (exact) mass is 260 g/mol. The molecule has 0 radical (unpaired) electrons. The van der Waals surface area contributed by atoms with Crippen molar-refractivity contribution in [2.24, 2.45) is 5.92 Å². The smallest absolute Gasteiger partial charge is 0.101 e. The molecule has 1 aliphatic rings. The molecule has 0 aliphatic heterocycles. The molecule has 2 heteroatoms. The van der Waals surface area contributed by atoms with Crippen molar-refractivity contribution in [1.29, 1.82) is 0 Å². The van der Waals surface area contributed by atoms with Crippen LogP contribution >= 0.6 is 0 Å². The molecule has 1 aromatic carbocycles. The van der Waals surface area contributed by atoms with E-state index in [1.807, 2.05) is 13.0 Å². The maximum atomic E-state index is 9.27. The van der Waals surface area contributed by atoms with Crippen LogP contribution in [0.1, 0.15) is 44.6 Å². The number of aryl methyl sites for hydroxylation is 1. The Morgan fingerprint density at radius 3 is 2.74 bits per heavy atom. The van der Waals surface area contributed by atoms with Gasteiger partial charge in [0.1, 0.15) is 5.60 Å². The van der Waals surface area contributed by atoms with Crippen molar-refractivity contribution in [1.82, 2.24) is 0 Å². The minimum absolute atomic E-state index is 0.442. The lowest BCUT2D eigenvalue weighted by molar-refractivity contribution is -0.323. The summed E-state index contributed by atoms with van der Waals surface area (Å²) in [7, 11) is 0. The molecule has 0 spiro atoms. The zero-order chi connectivity index (χ0) is 13.6. The van der Waals surface area contributed by atoms with E-state index in [1.54, 1.807) is 0 Å². The highest BCUT2D eigenvalue weighted by molar-refractivity contribution is 5.15. The zero-order valence-corrected chi connectivity index (χ0v) is 11.7. The van der Waals surface area contributed by atoms with E-state index in [4.69, 9.17) is 4.89 Å². The molecule has 0 saturated heterocycles. The number of hydrogen-bond donors (Lipinski definition) is 1. The third-order valence-corrected chi connectivity index (χ3v) is 4.05. The second-order valence-corrected chi connectivity index (χ2v) is 5.85. The lowest BCUT2D eigenvalue weighted by Gasteiger charge is -2.30. The van der Waals surface area contributed by atoms with Gasteiger partial charge in [-0.15, -0.1) is 0 Å². The highest BCUT2D eigenvalue weighted by Crippen LogP contribution is 2.31. The first kappa shape index (κ1) is 14.3. The van der Waals surface area contributed by atoms with Crippen molar-refractivity contribution < 1.29 is 10.1 Å². The molecule has 19 heavy (non-hydrogen) atoms. The summed E-state index contributed by atoms with van der Waals surface area (Å²) < 4.78 is 0. The van der Waals surface area contributed by atoms with E-state index in [1.165, 1.54) is 24.8 Å².